The van der Waals surface area contributed by atoms with Crippen LogP contribution in [0.3, 0.4) is 0 Å². The number of nitrogens with zero attached hydrogens (tertiary/aromatic N) is 4. The Hall–Kier alpha value is -1.89. The molecule has 0 saturated carbocycles. The molecule has 2 aromatic heterocycles. The third-order valence-electron chi connectivity index (χ3n) is 2.68. The van der Waals surface area contributed by atoms with Crippen molar-refractivity contribution in [1.82, 2.24) is 20.1 Å². The molecule has 0 aliphatic carbocycles. The highest BCUT2D eigenvalue weighted by Crippen LogP contribution is 2.07. The molecular formula is C12H18N6S. The van der Waals surface area contributed by atoms with E-state index in [9.17, 15) is 0 Å². The lowest BCUT2D eigenvalue weighted by molar-refractivity contribution is 0.697. The van der Waals surface area contributed by atoms with Gasteiger partial charge in [0.05, 0.1) is 0 Å². The van der Waals surface area contributed by atoms with Gasteiger partial charge in [-0.1, -0.05) is 6.07 Å². The Kier molecular flexibility index (Phi) is 4.91. The molecule has 0 unspecified atom stereocenters. The van der Waals surface area contributed by atoms with Gasteiger partial charge in [-0.05, 0) is 24.8 Å². The minimum absolute atomic E-state index is 0.446. The predicted molar refractivity (Wildman–Crippen MR) is 77.0 cm³/mol. The Balaban J connectivity index is 1.76. The molecule has 2 heterocycles. The zero-order valence-corrected chi connectivity index (χ0v) is 11.7. The molecule has 102 valence electrons. The molecule has 0 atom stereocenters. The third kappa shape index (κ3) is 4.06. The molecule has 0 amide bonds. The number of hydrogen-bond donors (Lipinski definition) is 2. The molecule has 6 nitrogen and oxygen atoms in total. The quantitative estimate of drug-likeness (QED) is 0.610. The summed E-state index contributed by atoms with van der Waals surface area (Å²) in [6.07, 6.45) is 2.66. The molecule has 7 heteroatoms. The van der Waals surface area contributed by atoms with E-state index in [-0.39, 0.29) is 0 Å². The molecule has 0 bridgehead atoms. The topological polar surface area (TPSA) is 81.1 Å². The largest absolute Gasteiger partial charge is 0.370 e. The second-order valence-corrected chi connectivity index (χ2v) is 5.02. The van der Waals surface area contributed by atoms with Crippen LogP contribution in [0.1, 0.15) is 17.6 Å². The molecule has 2 aromatic rings. The molecule has 2 rings (SSSR count). The lowest BCUT2D eigenvalue weighted by Gasteiger charge is -2.05. The molecule has 0 fully saturated rings. The molecular weight excluding hydrogens is 260 g/mol. The number of nitrogens with one attached hydrogen (secondary N) is 1. The molecule has 0 aliphatic heterocycles. The summed E-state index contributed by atoms with van der Waals surface area (Å²) < 4.78 is 1.95. The van der Waals surface area contributed by atoms with Crippen molar-refractivity contribution in [2.45, 2.75) is 26.4 Å². The van der Waals surface area contributed by atoms with E-state index < -0.39 is 0 Å². The summed E-state index contributed by atoms with van der Waals surface area (Å²) in [5.74, 6) is 1.27. The van der Waals surface area contributed by atoms with Crippen LogP contribution in [-0.2, 0) is 19.5 Å². The Bertz CT molecular complexity index is 516. The summed E-state index contributed by atoms with van der Waals surface area (Å²) in [6, 6.07) is 4.17. The predicted octanol–water partition coefficient (Wildman–Crippen LogP) is 1.01. The van der Waals surface area contributed by atoms with E-state index in [4.69, 9.17) is 5.73 Å². The number of aryl methyl sites for hydroxylation is 1. The maximum atomic E-state index is 5.81. The fourth-order valence-corrected chi connectivity index (χ4v) is 2.35. The molecule has 0 aliphatic rings. The van der Waals surface area contributed by atoms with Gasteiger partial charge in [-0.15, -0.1) is 21.5 Å². The van der Waals surface area contributed by atoms with Crippen molar-refractivity contribution in [3.8, 4) is 0 Å². The van der Waals surface area contributed by atoms with E-state index in [0.717, 1.165) is 25.3 Å². The van der Waals surface area contributed by atoms with Gasteiger partial charge < -0.3 is 15.6 Å². The Morgan fingerprint density at radius 3 is 3.21 bits per heavy atom. The highest BCUT2D eigenvalue weighted by atomic mass is 32.1. The van der Waals surface area contributed by atoms with Crippen LogP contribution in [0.2, 0.25) is 0 Å². The first-order valence-corrected chi connectivity index (χ1v) is 7.10. The van der Waals surface area contributed by atoms with E-state index in [1.54, 1.807) is 17.7 Å². The van der Waals surface area contributed by atoms with Crippen molar-refractivity contribution >= 4 is 17.3 Å². The van der Waals surface area contributed by atoms with Gasteiger partial charge in [0, 0.05) is 18.0 Å². The molecule has 0 saturated heterocycles. The van der Waals surface area contributed by atoms with Gasteiger partial charge in [0.1, 0.15) is 12.9 Å². The lowest BCUT2D eigenvalue weighted by Crippen LogP contribution is -2.33. The van der Waals surface area contributed by atoms with E-state index >= 15 is 0 Å². The van der Waals surface area contributed by atoms with Crippen LogP contribution < -0.4 is 11.1 Å². The van der Waals surface area contributed by atoms with Gasteiger partial charge >= 0.3 is 0 Å². The van der Waals surface area contributed by atoms with E-state index in [1.165, 1.54) is 4.88 Å². The van der Waals surface area contributed by atoms with Crippen LogP contribution in [0.15, 0.2) is 28.8 Å². The summed E-state index contributed by atoms with van der Waals surface area (Å²) in [6.45, 7) is 4.12. The Morgan fingerprint density at radius 1 is 1.58 bits per heavy atom. The number of hydrogen-bond acceptors (Lipinski definition) is 4. The first-order valence-electron chi connectivity index (χ1n) is 6.22. The highest BCUT2D eigenvalue weighted by Gasteiger charge is 2.01. The standard InChI is InChI=1S/C12H18N6S/c1-2-18-9-16-17-11(18)8-15-12(13)14-6-5-10-4-3-7-19-10/h3-4,7,9H,2,5-6,8H2,1H3,(H3,13,14,15). The summed E-state index contributed by atoms with van der Waals surface area (Å²) in [5, 5.41) is 13.0. The number of thiophene rings is 1. The number of nitrogens with two attached hydrogens (primary N) is 1. The smallest absolute Gasteiger partial charge is 0.189 e. The number of aliphatic imine (C=N–C) groups is 1. The van der Waals surface area contributed by atoms with Crippen molar-refractivity contribution < 1.29 is 0 Å². The molecule has 0 spiro atoms. The number of aromatic nitrogens is 3. The van der Waals surface area contributed by atoms with Gasteiger partial charge in [-0.3, -0.25) is 0 Å². The fourth-order valence-electron chi connectivity index (χ4n) is 1.65. The van der Waals surface area contributed by atoms with Crippen molar-refractivity contribution in [2.75, 3.05) is 6.54 Å². The van der Waals surface area contributed by atoms with Crippen LogP contribution in [0, 0.1) is 0 Å². The van der Waals surface area contributed by atoms with Crippen molar-refractivity contribution in [3.63, 3.8) is 0 Å². The second kappa shape index (κ2) is 6.89. The molecule has 3 N–H and O–H groups in total. The van der Waals surface area contributed by atoms with Gasteiger partial charge in [-0.25, -0.2) is 4.99 Å². The minimum atomic E-state index is 0.446. The van der Waals surface area contributed by atoms with Gasteiger partial charge in [0.2, 0.25) is 0 Å². The van der Waals surface area contributed by atoms with Crippen molar-refractivity contribution in [1.29, 1.82) is 0 Å². The fraction of sp³-hybridized carbons (Fsp3) is 0.417. The summed E-state index contributed by atoms with van der Waals surface area (Å²) in [7, 11) is 0. The van der Waals surface area contributed by atoms with Crippen LogP contribution >= 0.6 is 11.3 Å². The van der Waals surface area contributed by atoms with Crippen LogP contribution in [0.25, 0.3) is 0 Å². The molecule has 19 heavy (non-hydrogen) atoms. The average Bonchev–Trinajstić information content (AvgIpc) is 3.07. The number of guanidine groups is 1. The van der Waals surface area contributed by atoms with Crippen molar-refractivity contribution in [3.05, 3.63) is 34.5 Å². The first kappa shape index (κ1) is 13.5. The van der Waals surface area contributed by atoms with Crippen molar-refractivity contribution in [2.24, 2.45) is 10.7 Å². The van der Waals surface area contributed by atoms with Crippen LogP contribution in [0.5, 0.6) is 0 Å². The van der Waals surface area contributed by atoms with Gasteiger partial charge in [-0.2, -0.15) is 0 Å². The zero-order valence-electron chi connectivity index (χ0n) is 10.9. The zero-order chi connectivity index (χ0) is 13.5. The van der Waals surface area contributed by atoms with Crippen LogP contribution in [0.4, 0.5) is 0 Å². The monoisotopic (exact) mass is 278 g/mol. The normalized spacial score (nSPS) is 11.7. The highest BCUT2D eigenvalue weighted by molar-refractivity contribution is 7.09. The van der Waals surface area contributed by atoms with E-state index in [2.05, 4.69) is 38.0 Å². The third-order valence-corrected chi connectivity index (χ3v) is 3.62. The Labute approximate surface area is 116 Å². The maximum absolute atomic E-state index is 5.81. The van der Waals surface area contributed by atoms with Gasteiger partial charge in [0.15, 0.2) is 11.8 Å². The number of rotatable bonds is 6. The maximum Gasteiger partial charge on any atom is 0.189 e. The minimum Gasteiger partial charge on any atom is -0.370 e. The van der Waals surface area contributed by atoms with E-state index in [0.29, 0.717) is 12.5 Å². The van der Waals surface area contributed by atoms with Gasteiger partial charge in [0.25, 0.3) is 0 Å². The first-order chi connectivity index (χ1) is 9.29. The lowest BCUT2D eigenvalue weighted by atomic mass is 10.3. The SMILES string of the molecule is CCn1cnnc1CN=C(N)NCCc1cccs1. The van der Waals surface area contributed by atoms with E-state index in [1.807, 2.05) is 11.5 Å². The summed E-state index contributed by atoms with van der Waals surface area (Å²) in [5.41, 5.74) is 5.81. The average molecular weight is 278 g/mol. The summed E-state index contributed by atoms with van der Waals surface area (Å²) >= 11 is 1.75. The molecule has 0 aromatic carbocycles. The molecule has 0 radical (unpaired) electrons. The second-order valence-electron chi connectivity index (χ2n) is 3.99. The Morgan fingerprint density at radius 2 is 2.47 bits per heavy atom. The van der Waals surface area contributed by atoms with Crippen LogP contribution in [-0.4, -0.2) is 27.3 Å². The summed E-state index contributed by atoms with van der Waals surface area (Å²) in [4.78, 5) is 5.60.